The van der Waals surface area contributed by atoms with Gasteiger partial charge in [0.05, 0.1) is 6.61 Å². The maximum atomic E-state index is 10.9. The number of rotatable bonds is 6. The SMILES string of the molecule is CC(=O)CCCOCc1c(C)c(C)c(C)c(C)c1C. The van der Waals surface area contributed by atoms with E-state index in [0.29, 0.717) is 19.6 Å². The van der Waals surface area contributed by atoms with E-state index in [0.717, 1.165) is 6.42 Å². The zero-order valence-corrected chi connectivity index (χ0v) is 13.1. The lowest BCUT2D eigenvalue weighted by atomic mass is 9.90. The zero-order valence-electron chi connectivity index (χ0n) is 13.1. The van der Waals surface area contributed by atoms with Gasteiger partial charge in [0.2, 0.25) is 0 Å². The van der Waals surface area contributed by atoms with Gasteiger partial charge in [0.25, 0.3) is 0 Å². The lowest BCUT2D eigenvalue weighted by Crippen LogP contribution is -2.06. The molecule has 0 aromatic heterocycles. The van der Waals surface area contributed by atoms with Crippen molar-refractivity contribution in [3.05, 3.63) is 33.4 Å². The van der Waals surface area contributed by atoms with Gasteiger partial charge in [0.15, 0.2) is 0 Å². The number of benzene rings is 1. The molecule has 0 heterocycles. The molecular weight excluding hydrogens is 236 g/mol. The van der Waals surface area contributed by atoms with Crippen molar-refractivity contribution in [1.29, 1.82) is 0 Å². The Morgan fingerprint density at radius 1 is 0.895 bits per heavy atom. The van der Waals surface area contributed by atoms with Crippen LogP contribution in [0.2, 0.25) is 0 Å². The second-order valence-electron chi connectivity index (χ2n) is 5.46. The lowest BCUT2D eigenvalue weighted by molar-refractivity contribution is -0.117. The smallest absolute Gasteiger partial charge is 0.129 e. The summed E-state index contributed by atoms with van der Waals surface area (Å²) in [5, 5.41) is 0. The molecule has 0 radical (unpaired) electrons. The van der Waals surface area contributed by atoms with Crippen molar-refractivity contribution in [1.82, 2.24) is 0 Å². The number of hydrogen-bond acceptors (Lipinski definition) is 2. The van der Waals surface area contributed by atoms with Crippen molar-refractivity contribution in [3.8, 4) is 0 Å². The first kappa shape index (κ1) is 15.9. The maximum absolute atomic E-state index is 10.9. The first-order valence-corrected chi connectivity index (χ1v) is 6.99. The van der Waals surface area contributed by atoms with Crippen molar-refractivity contribution in [2.75, 3.05) is 6.61 Å². The molecule has 0 unspecified atom stereocenters. The Labute approximate surface area is 117 Å². The van der Waals surface area contributed by atoms with Crippen LogP contribution in [0.25, 0.3) is 0 Å². The quantitative estimate of drug-likeness (QED) is 0.721. The van der Waals surface area contributed by atoms with Gasteiger partial charge in [-0.1, -0.05) is 0 Å². The van der Waals surface area contributed by atoms with Crippen LogP contribution in [0.3, 0.4) is 0 Å². The third kappa shape index (κ3) is 3.90. The van der Waals surface area contributed by atoms with Crippen molar-refractivity contribution < 1.29 is 9.53 Å². The van der Waals surface area contributed by atoms with Crippen LogP contribution >= 0.6 is 0 Å². The number of ether oxygens (including phenoxy) is 1. The van der Waals surface area contributed by atoms with Crippen LogP contribution in [0, 0.1) is 34.6 Å². The minimum absolute atomic E-state index is 0.234. The normalized spacial score (nSPS) is 10.8. The van der Waals surface area contributed by atoms with Crippen LogP contribution in [0.1, 0.15) is 53.1 Å². The highest BCUT2D eigenvalue weighted by molar-refractivity contribution is 5.75. The topological polar surface area (TPSA) is 26.3 Å². The van der Waals surface area contributed by atoms with E-state index in [4.69, 9.17) is 4.74 Å². The minimum atomic E-state index is 0.234. The van der Waals surface area contributed by atoms with Gasteiger partial charge in [-0.2, -0.15) is 0 Å². The fourth-order valence-corrected chi connectivity index (χ4v) is 2.39. The monoisotopic (exact) mass is 262 g/mol. The van der Waals surface area contributed by atoms with E-state index >= 15 is 0 Å². The molecule has 1 rings (SSSR count). The van der Waals surface area contributed by atoms with Gasteiger partial charge in [-0.3, -0.25) is 0 Å². The Morgan fingerprint density at radius 2 is 1.37 bits per heavy atom. The third-order valence-electron chi connectivity index (χ3n) is 4.22. The highest BCUT2D eigenvalue weighted by atomic mass is 16.5. The fourth-order valence-electron chi connectivity index (χ4n) is 2.39. The molecule has 0 spiro atoms. The van der Waals surface area contributed by atoms with Gasteiger partial charge in [0, 0.05) is 13.0 Å². The molecule has 106 valence electrons. The van der Waals surface area contributed by atoms with Crippen LogP contribution in [0.4, 0.5) is 0 Å². The second-order valence-corrected chi connectivity index (χ2v) is 5.46. The van der Waals surface area contributed by atoms with Gasteiger partial charge in [0.1, 0.15) is 5.78 Å². The number of carbonyl (C=O) groups excluding carboxylic acids is 1. The first-order valence-electron chi connectivity index (χ1n) is 6.99. The molecule has 1 aromatic carbocycles. The van der Waals surface area contributed by atoms with Gasteiger partial charge < -0.3 is 9.53 Å². The second kappa shape index (κ2) is 6.85. The minimum Gasteiger partial charge on any atom is -0.377 e. The van der Waals surface area contributed by atoms with E-state index in [1.165, 1.54) is 33.4 Å². The van der Waals surface area contributed by atoms with Gasteiger partial charge in [-0.05, 0) is 81.3 Å². The highest BCUT2D eigenvalue weighted by Crippen LogP contribution is 2.26. The van der Waals surface area contributed by atoms with E-state index in [9.17, 15) is 4.79 Å². The van der Waals surface area contributed by atoms with Gasteiger partial charge in [-0.25, -0.2) is 0 Å². The molecule has 0 aliphatic heterocycles. The van der Waals surface area contributed by atoms with Crippen molar-refractivity contribution in [2.24, 2.45) is 0 Å². The van der Waals surface area contributed by atoms with Crippen LogP contribution in [-0.2, 0) is 16.1 Å². The Kier molecular flexibility index (Phi) is 5.74. The van der Waals surface area contributed by atoms with E-state index in [1.807, 2.05) is 0 Å². The summed E-state index contributed by atoms with van der Waals surface area (Å²) in [6.07, 6.45) is 1.43. The molecule has 2 nitrogen and oxygen atoms in total. The summed E-state index contributed by atoms with van der Waals surface area (Å²) < 4.78 is 5.73. The predicted molar refractivity (Wildman–Crippen MR) is 79.7 cm³/mol. The Hall–Kier alpha value is -1.15. The molecule has 0 bridgehead atoms. The standard InChI is InChI=1S/C17H26O2/c1-11(18)8-7-9-19-10-17-15(5)13(3)12(2)14(4)16(17)6/h7-10H2,1-6H3. The Bertz CT molecular complexity index is 444. The molecule has 0 aliphatic rings. The zero-order chi connectivity index (χ0) is 14.6. The number of ketones is 1. The summed E-state index contributed by atoms with van der Waals surface area (Å²) in [7, 11) is 0. The molecule has 0 aliphatic carbocycles. The number of hydrogen-bond donors (Lipinski definition) is 0. The largest absolute Gasteiger partial charge is 0.377 e. The summed E-state index contributed by atoms with van der Waals surface area (Å²) in [6, 6.07) is 0. The highest BCUT2D eigenvalue weighted by Gasteiger charge is 2.11. The van der Waals surface area contributed by atoms with Crippen LogP contribution in [0.5, 0.6) is 0 Å². The van der Waals surface area contributed by atoms with E-state index in [2.05, 4.69) is 34.6 Å². The first-order chi connectivity index (χ1) is 8.86. The molecule has 0 fully saturated rings. The summed E-state index contributed by atoms with van der Waals surface area (Å²) in [5.41, 5.74) is 8.11. The summed E-state index contributed by atoms with van der Waals surface area (Å²) in [4.78, 5) is 10.9. The van der Waals surface area contributed by atoms with Crippen molar-refractivity contribution in [2.45, 2.75) is 61.0 Å². The molecular formula is C17H26O2. The van der Waals surface area contributed by atoms with E-state index < -0.39 is 0 Å². The van der Waals surface area contributed by atoms with Crippen LogP contribution < -0.4 is 0 Å². The molecule has 1 aromatic rings. The van der Waals surface area contributed by atoms with E-state index in [-0.39, 0.29) is 5.78 Å². The van der Waals surface area contributed by atoms with Gasteiger partial charge >= 0.3 is 0 Å². The average molecular weight is 262 g/mol. The molecule has 0 saturated heterocycles. The number of carbonyl (C=O) groups is 1. The predicted octanol–water partition coefficient (Wildman–Crippen LogP) is 4.11. The summed E-state index contributed by atoms with van der Waals surface area (Å²) in [6.45, 7) is 13.8. The molecule has 19 heavy (non-hydrogen) atoms. The van der Waals surface area contributed by atoms with Crippen LogP contribution in [0.15, 0.2) is 0 Å². The molecule has 2 heteroatoms. The average Bonchev–Trinajstić information content (AvgIpc) is 2.37. The van der Waals surface area contributed by atoms with E-state index in [1.54, 1.807) is 6.92 Å². The van der Waals surface area contributed by atoms with Crippen LogP contribution in [-0.4, -0.2) is 12.4 Å². The molecule has 0 saturated carbocycles. The number of Topliss-reactive ketones (excluding diaryl/α,β-unsaturated/α-hetero) is 1. The Morgan fingerprint density at radius 3 is 1.84 bits per heavy atom. The van der Waals surface area contributed by atoms with Crippen molar-refractivity contribution in [3.63, 3.8) is 0 Å². The fraction of sp³-hybridized carbons (Fsp3) is 0.588. The van der Waals surface area contributed by atoms with Gasteiger partial charge in [-0.15, -0.1) is 0 Å². The third-order valence-corrected chi connectivity index (χ3v) is 4.22. The molecule has 0 amide bonds. The summed E-state index contributed by atoms with van der Waals surface area (Å²) >= 11 is 0. The maximum Gasteiger partial charge on any atom is 0.129 e. The van der Waals surface area contributed by atoms with Crippen molar-refractivity contribution >= 4 is 5.78 Å². The summed E-state index contributed by atoms with van der Waals surface area (Å²) in [5.74, 6) is 0.234. The lowest BCUT2D eigenvalue weighted by Gasteiger charge is -2.18. The Balaban J connectivity index is 2.71. The molecule has 0 atom stereocenters. The molecule has 0 N–H and O–H groups in total.